The van der Waals surface area contributed by atoms with Crippen molar-refractivity contribution in [3.05, 3.63) is 47.8 Å². The molecule has 2 aromatic rings. The lowest BCUT2D eigenvalue weighted by atomic mass is 9.94. The quantitative estimate of drug-likeness (QED) is 0.855. The normalized spacial score (nSPS) is 14.3. The Labute approximate surface area is 98.4 Å². The van der Waals surface area contributed by atoms with Gasteiger partial charge in [-0.05, 0) is 29.3 Å². The summed E-state index contributed by atoms with van der Waals surface area (Å²) in [7, 11) is 0. The molecule has 1 aliphatic rings. The number of H-pyrrole nitrogens is 1. The zero-order valence-electron chi connectivity index (χ0n) is 9.01. The molecule has 0 saturated heterocycles. The van der Waals surface area contributed by atoms with Crippen molar-refractivity contribution in [2.45, 2.75) is 5.92 Å². The molecule has 0 aliphatic carbocycles. The first kappa shape index (κ1) is 9.79. The second kappa shape index (κ2) is 3.87. The molecule has 1 atom stereocenters. The van der Waals surface area contributed by atoms with Gasteiger partial charge in [0.05, 0.1) is 12.0 Å². The molecule has 0 bridgehead atoms. The molecule has 4 nitrogen and oxygen atoms in total. The van der Waals surface area contributed by atoms with Crippen LogP contribution < -0.4 is 9.47 Å². The van der Waals surface area contributed by atoms with E-state index in [4.69, 9.17) is 9.47 Å². The number of benzene rings is 1. The Kier molecular flexibility index (Phi) is 2.23. The molecule has 84 valence electrons. The van der Waals surface area contributed by atoms with Crippen LogP contribution in [0.2, 0.25) is 0 Å². The third-order valence-electron chi connectivity index (χ3n) is 2.81. The number of rotatable bonds is 2. The number of hydrogen-bond donors (Lipinski definition) is 1. The standard InChI is InChI=1S/C13H10N2O2/c14-6-11(10-3-4-15-7-10)9-1-2-12-13(5-9)17-8-16-12/h1-5,7,11,15H,8H2. The lowest BCUT2D eigenvalue weighted by molar-refractivity contribution is 0.174. The van der Waals surface area contributed by atoms with Crippen LogP contribution in [-0.2, 0) is 0 Å². The van der Waals surface area contributed by atoms with Gasteiger partial charge < -0.3 is 14.5 Å². The zero-order valence-corrected chi connectivity index (χ0v) is 9.01. The zero-order chi connectivity index (χ0) is 11.7. The molecular formula is C13H10N2O2. The molecule has 0 spiro atoms. The van der Waals surface area contributed by atoms with Crippen molar-refractivity contribution >= 4 is 0 Å². The van der Waals surface area contributed by atoms with Crippen molar-refractivity contribution in [3.63, 3.8) is 0 Å². The minimum Gasteiger partial charge on any atom is -0.454 e. The van der Waals surface area contributed by atoms with Gasteiger partial charge in [-0.25, -0.2) is 0 Å². The summed E-state index contributed by atoms with van der Waals surface area (Å²) in [5.74, 6) is 1.16. The minimum atomic E-state index is -0.282. The molecule has 0 saturated carbocycles. The van der Waals surface area contributed by atoms with E-state index in [1.54, 1.807) is 0 Å². The maximum absolute atomic E-state index is 9.26. The van der Waals surface area contributed by atoms with Gasteiger partial charge in [0, 0.05) is 12.4 Å². The van der Waals surface area contributed by atoms with E-state index in [9.17, 15) is 5.26 Å². The van der Waals surface area contributed by atoms with Crippen molar-refractivity contribution < 1.29 is 9.47 Å². The minimum absolute atomic E-state index is 0.250. The smallest absolute Gasteiger partial charge is 0.231 e. The van der Waals surface area contributed by atoms with Gasteiger partial charge >= 0.3 is 0 Å². The van der Waals surface area contributed by atoms with E-state index >= 15 is 0 Å². The molecule has 0 radical (unpaired) electrons. The Morgan fingerprint density at radius 2 is 2.06 bits per heavy atom. The Balaban J connectivity index is 2.01. The van der Waals surface area contributed by atoms with Gasteiger partial charge in [-0.15, -0.1) is 0 Å². The van der Waals surface area contributed by atoms with Gasteiger partial charge in [0.15, 0.2) is 11.5 Å². The van der Waals surface area contributed by atoms with Crippen LogP contribution in [0.15, 0.2) is 36.7 Å². The van der Waals surface area contributed by atoms with E-state index in [1.165, 1.54) is 0 Å². The fraction of sp³-hybridized carbons (Fsp3) is 0.154. The molecule has 1 unspecified atom stereocenters. The number of nitriles is 1. The molecule has 1 aromatic heterocycles. The molecule has 4 heteroatoms. The van der Waals surface area contributed by atoms with Crippen LogP contribution in [0.1, 0.15) is 17.0 Å². The van der Waals surface area contributed by atoms with Crippen molar-refractivity contribution in [1.29, 1.82) is 5.26 Å². The summed E-state index contributed by atoms with van der Waals surface area (Å²) in [5, 5.41) is 9.26. The van der Waals surface area contributed by atoms with E-state index in [1.807, 2.05) is 36.7 Å². The average Bonchev–Trinajstić information content (AvgIpc) is 2.99. The summed E-state index contributed by atoms with van der Waals surface area (Å²) in [4.78, 5) is 2.96. The van der Waals surface area contributed by atoms with Crippen molar-refractivity contribution in [2.24, 2.45) is 0 Å². The van der Waals surface area contributed by atoms with Crippen LogP contribution in [0.4, 0.5) is 0 Å². The summed E-state index contributed by atoms with van der Waals surface area (Å²) in [6.07, 6.45) is 3.64. The van der Waals surface area contributed by atoms with E-state index in [0.717, 1.165) is 16.9 Å². The number of hydrogen-bond acceptors (Lipinski definition) is 3. The number of nitrogens with one attached hydrogen (secondary N) is 1. The molecule has 0 fully saturated rings. The molecule has 1 aliphatic heterocycles. The molecule has 3 rings (SSSR count). The average molecular weight is 226 g/mol. The molecule has 1 aromatic carbocycles. The van der Waals surface area contributed by atoms with Gasteiger partial charge in [-0.1, -0.05) is 6.07 Å². The van der Waals surface area contributed by atoms with Crippen molar-refractivity contribution in [1.82, 2.24) is 4.98 Å². The van der Waals surface area contributed by atoms with Gasteiger partial charge in [0.2, 0.25) is 6.79 Å². The molecule has 0 amide bonds. The Hall–Kier alpha value is -2.41. The van der Waals surface area contributed by atoms with E-state index in [2.05, 4.69) is 11.1 Å². The second-order valence-corrected chi connectivity index (χ2v) is 3.82. The number of ether oxygens (including phenoxy) is 2. The summed E-state index contributed by atoms with van der Waals surface area (Å²) < 4.78 is 10.6. The Morgan fingerprint density at radius 3 is 2.82 bits per heavy atom. The topological polar surface area (TPSA) is 58.0 Å². The number of aromatic nitrogens is 1. The molecular weight excluding hydrogens is 216 g/mol. The van der Waals surface area contributed by atoms with Gasteiger partial charge in [-0.3, -0.25) is 0 Å². The Morgan fingerprint density at radius 1 is 1.18 bits per heavy atom. The van der Waals surface area contributed by atoms with Crippen LogP contribution >= 0.6 is 0 Å². The highest BCUT2D eigenvalue weighted by molar-refractivity contribution is 5.48. The largest absolute Gasteiger partial charge is 0.454 e. The van der Waals surface area contributed by atoms with Crippen LogP contribution in [0, 0.1) is 11.3 Å². The van der Waals surface area contributed by atoms with Crippen LogP contribution in [0.5, 0.6) is 11.5 Å². The molecule has 1 N–H and O–H groups in total. The lowest BCUT2D eigenvalue weighted by Crippen LogP contribution is -1.96. The molecule has 2 heterocycles. The van der Waals surface area contributed by atoms with Gasteiger partial charge in [0.1, 0.15) is 0 Å². The molecule has 17 heavy (non-hydrogen) atoms. The first-order chi connectivity index (χ1) is 8.38. The first-order valence-corrected chi connectivity index (χ1v) is 5.30. The predicted molar refractivity (Wildman–Crippen MR) is 60.8 cm³/mol. The Bertz CT molecular complexity index is 570. The van der Waals surface area contributed by atoms with Crippen molar-refractivity contribution in [2.75, 3.05) is 6.79 Å². The summed E-state index contributed by atoms with van der Waals surface area (Å²) in [6, 6.07) is 9.80. The van der Waals surface area contributed by atoms with Crippen molar-refractivity contribution in [3.8, 4) is 17.6 Å². The van der Waals surface area contributed by atoms with Crippen LogP contribution in [0.25, 0.3) is 0 Å². The van der Waals surface area contributed by atoms with E-state index in [0.29, 0.717) is 5.75 Å². The third kappa shape index (κ3) is 1.62. The summed E-state index contributed by atoms with van der Waals surface area (Å²) in [6.45, 7) is 0.250. The lowest BCUT2D eigenvalue weighted by Gasteiger charge is -2.08. The van der Waals surface area contributed by atoms with Crippen LogP contribution in [0.3, 0.4) is 0 Å². The summed E-state index contributed by atoms with van der Waals surface area (Å²) in [5.41, 5.74) is 1.86. The maximum atomic E-state index is 9.26. The highest BCUT2D eigenvalue weighted by Crippen LogP contribution is 2.36. The number of fused-ring (bicyclic) bond motifs is 1. The monoisotopic (exact) mass is 226 g/mol. The maximum Gasteiger partial charge on any atom is 0.231 e. The van der Waals surface area contributed by atoms with Crippen LogP contribution in [-0.4, -0.2) is 11.8 Å². The predicted octanol–water partition coefficient (Wildman–Crippen LogP) is 2.40. The third-order valence-corrected chi connectivity index (χ3v) is 2.81. The van der Waals surface area contributed by atoms with E-state index < -0.39 is 0 Å². The van der Waals surface area contributed by atoms with Gasteiger partial charge in [0.25, 0.3) is 0 Å². The number of nitrogens with zero attached hydrogens (tertiary/aromatic N) is 1. The summed E-state index contributed by atoms with van der Waals surface area (Å²) >= 11 is 0. The van der Waals surface area contributed by atoms with Gasteiger partial charge in [-0.2, -0.15) is 5.26 Å². The fourth-order valence-corrected chi connectivity index (χ4v) is 1.95. The highest BCUT2D eigenvalue weighted by atomic mass is 16.7. The number of aromatic amines is 1. The second-order valence-electron chi connectivity index (χ2n) is 3.82. The van der Waals surface area contributed by atoms with E-state index in [-0.39, 0.29) is 12.7 Å². The first-order valence-electron chi connectivity index (χ1n) is 5.30. The SMILES string of the molecule is N#CC(c1cc[nH]c1)c1ccc2c(c1)OCO2. The highest BCUT2D eigenvalue weighted by Gasteiger charge is 2.19. The fourth-order valence-electron chi connectivity index (χ4n) is 1.95.